The predicted molar refractivity (Wildman–Crippen MR) is 118 cm³/mol. The number of nitrogens with one attached hydrogen (secondary N) is 1. The Labute approximate surface area is 179 Å². The van der Waals surface area contributed by atoms with Crippen molar-refractivity contribution in [1.82, 2.24) is 10.3 Å². The van der Waals surface area contributed by atoms with Crippen LogP contribution in [0.5, 0.6) is 11.5 Å². The van der Waals surface area contributed by atoms with E-state index in [2.05, 4.69) is 22.4 Å². The molecule has 1 N–H and O–H groups in total. The molecule has 0 spiro atoms. The first-order valence-corrected chi connectivity index (χ1v) is 11.1. The minimum absolute atomic E-state index is 0.000290. The zero-order chi connectivity index (χ0) is 20.5. The first-order chi connectivity index (χ1) is 14.2. The van der Waals surface area contributed by atoms with Crippen molar-refractivity contribution in [2.45, 2.75) is 22.9 Å². The van der Waals surface area contributed by atoms with Gasteiger partial charge in [-0.15, -0.1) is 11.3 Å². The Morgan fingerprint density at radius 2 is 1.79 bits per heavy atom. The summed E-state index contributed by atoms with van der Waals surface area (Å²) >= 11 is 3.20. The molecule has 0 saturated carbocycles. The van der Waals surface area contributed by atoms with Gasteiger partial charge in [0.1, 0.15) is 15.8 Å². The first kappa shape index (κ1) is 21.2. The summed E-state index contributed by atoms with van der Waals surface area (Å²) in [5.74, 6) is 2.29. The molecule has 0 fully saturated rings. The summed E-state index contributed by atoms with van der Waals surface area (Å²) in [5, 5.41) is 4.91. The van der Waals surface area contributed by atoms with Crippen LogP contribution in [0.4, 0.5) is 0 Å². The first-order valence-electron chi connectivity index (χ1n) is 9.26. The van der Waals surface area contributed by atoms with Gasteiger partial charge in [-0.05, 0) is 29.7 Å². The molecule has 0 aliphatic carbocycles. The molecule has 1 aromatic heterocycles. The van der Waals surface area contributed by atoms with E-state index >= 15 is 0 Å². The maximum atomic E-state index is 12.2. The molecule has 0 aliphatic rings. The van der Waals surface area contributed by atoms with E-state index in [9.17, 15) is 4.79 Å². The smallest absolute Gasteiger partial charge is 0.226 e. The van der Waals surface area contributed by atoms with Crippen LogP contribution in [-0.4, -0.2) is 31.7 Å². The number of hydrogen-bond acceptors (Lipinski definition) is 6. The van der Waals surface area contributed by atoms with Crippen LogP contribution in [0.25, 0.3) is 0 Å². The third-order valence-electron chi connectivity index (χ3n) is 4.22. The zero-order valence-corrected chi connectivity index (χ0v) is 18.1. The number of thiazole rings is 1. The number of carbonyl (C=O) groups is 1. The van der Waals surface area contributed by atoms with E-state index in [1.54, 1.807) is 37.3 Å². The van der Waals surface area contributed by atoms with Crippen molar-refractivity contribution in [2.24, 2.45) is 0 Å². The summed E-state index contributed by atoms with van der Waals surface area (Å²) < 4.78 is 11.6. The van der Waals surface area contributed by atoms with E-state index in [1.807, 2.05) is 41.8 Å². The van der Waals surface area contributed by atoms with Crippen LogP contribution in [0.3, 0.4) is 0 Å². The van der Waals surface area contributed by atoms with Crippen LogP contribution in [0, 0.1) is 0 Å². The fourth-order valence-corrected chi connectivity index (χ4v) is 4.52. The lowest BCUT2D eigenvalue weighted by atomic mass is 10.1. The van der Waals surface area contributed by atoms with Crippen LogP contribution < -0.4 is 14.8 Å². The molecule has 152 valence electrons. The molecule has 0 unspecified atom stereocenters. The molecule has 2 aromatic carbocycles. The molecular formula is C22H24N2O3S2. The van der Waals surface area contributed by atoms with Gasteiger partial charge >= 0.3 is 0 Å². The predicted octanol–water partition coefficient (Wildman–Crippen LogP) is 4.35. The van der Waals surface area contributed by atoms with E-state index in [1.165, 1.54) is 5.56 Å². The highest BCUT2D eigenvalue weighted by Crippen LogP contribution is 2.30. The van der Waals surface area contributed by atoms with Crippen molar-refractivity contribution in [3.63, 3.8) is 0 Å². The largest absolute Gasteiger partial charge is 0.497 e. The molecule has 1 heterocycles. The summed E-state index contributed by atoms with van der Waals surface area (Å²) in [4.78, 5) is 16.7. The Morgan fingerprint density at radius 1 is 1.07 bits per heavy atom. The SMILES string of the molecule is COc1cc(CSc2nc(CC(=O)NCCc3ccccc3)cs2)cc(OC)c1. The number of hydrogen-bond donors (Lipinski definition) is 1. The van der Waals surface area contributed by atoms with Gasteiger partial charge < -0.3 is 14.8 Å². The molecule has 0 aliphatic heterocycles. The minimum atomic E-state index is 0.000290. The second kappa shape index (κ2) is 10.9. The summed E-state index contributed by atoms with van der Waals surface area (Å²) in [5.41, 5.74) is 3.12. The van der Waals surface area contributed by atoms with Crippen LogP contribution in [-0.2, 0) is 23.4 Å². The van der Waals surface area contributed by atoms with Crippen LogP contribution in [0.2, 0.25) is 0 Å². The molecule has 7 heteroatoms. The second-order valence-corrected chi connectivity index (χ2v) is 8.46. The Morgan fingerprint density at radius 3 is 2.48 bits per heavy atom. The maximum absolute atomic E-state index is 12.2. The van der Waals surface area contributed by atoms with Gasteiger partial charge in [-0.3, -0.25) is 4.79 Å². The van der Waals surface area contributed by atoms with Gasteiger partial charge in [0.25, 0.3) is 0 Å². The molecule has 1 amide bonds. The Hall–Kier alpha value is -2.51. The van der Waals surface area contributed by atoms with E-state index in [-0.39, 0.29) is 5.91 Å². The third kappa shape index (κ3) is 6.80. The highest BCUT2D eigenvalue weighted by molar-refractivity contribution is 8.00. The Bertz CT molecular complexity index is 907. The Kier molecular flexibility index (Phi) is 7.95. The molecule has 3 rings (SSSR count). The fraction of sp³-hybridized carbons (Fsp3) is 0.273. The molecule has 29 heavy (non-hydrogen) atoms. The number of rotatable bonds is 10. The van der Waals surface area contributed by atoms with Crippen molar-refractivity contribution in [3.05, 3.63) is 70.7 Å². The van der Waals surface area contributed by atoms with Gasteiger partial charge in [0, 0.05) is 23.7 Å². The number of carbonyl (C=O) groups excluding carboxylic acids is 1. The quantitative estimate of drug-likeness (QED) is 0.487. The summed E-state index contributed by atoms with van der Waals surface area (Å²) in [6, 6.07) is 16.0. The zero-order valence-electron chi connectivity index (χ0n) is 16.5. The minimum Gasteiger partial charge on any atom is -0.497 e. The van der Waals surface area contributed by atoms with Crippen LogP contribution in [0.1, 0.15) is 16.8 Å². The summed E-state index contributed by atoms with van der Waals surface area (Å²) in [6.45, 7) is 0.631. The fourth-order valence-electron chi connectivity index (χ4n) is 2.75. The van der Waals surface area contributed by atoms with Crippen molar-refractivity contribution < 1.29 is 14.3 Å². The van der Waals surface area contributed by atoms with Gasteiger partial charge in [0.05, 0.1) is 26.3 Å². The molecule has 0 bridgehead atoms. The third-order valence-corrected chi connectivity index (χ3v) is 6.37. The number of thioether (sulfide) groups is 1. The molecule has 0 radical (unpaired) electrons. The number of methoxy groups -OCH3 is 2. The lowest BCUT2D eigenvalue weighted by molar-refractivity contribution is -0.120. The average Bonchev–Trinajstić information content (AvgIpc) is 3.20. The number of ether oxygens (including phenoxy) is 2. The number of amides is 1. The summed E-state index contributed by atoms with van der Waals surface area (Å²) in [6.07, 6.45) is 1.13. The monoisotopic (exact) mass is 428 g/mol. The van der Waals surface area contributed by atoms with Crippen molar-refractivity contribution in [2.75, 3.05) is 20.8 Å². The summed E-state index contributed by atoms with van der Waals surface area (Å²) in [7, 11) is 3.29. The van der Waals surface area contributed by atoms with Crippen LogP contribution >= 0.6 is 23.1 Å². The van der Waals surface area contributed by atoms with E-state index in [0.717, 1.165) is 39.3 Å². The molecule has 0 saturated heterocycles. The topological polar surface area (TPSA) is 60.5 Å². The molecule has 5 nitrogen and oxygen atoms in total. The number of aromatic nitrogens is 1. The van der Waals surface area contributed by atoms with Crippen LogP contribution in [0.15, 0.2) is 58.3 Å². The average molecular weight is 429 g/mol. The number of benzene rings is 2. The lowest BCUT2D eigenvalue weighted by Gasteiger charge is -2.07. The van der Waals surface area contributed by atoms with Gasteiger partial charge in [-0.25, -0.2) is 4.98 Å². The van der Waals surface area contributed by atoms with E-state index in [4.69, 9.17) is 9.47 Å². The van der Waals surface area contributed by atoms with Crippen molar-refractivity contribution >= 4 is 29.0 Å². The molecule has 0 atom stereocenters. The normalized spacial score (nSPS) is 10.6. The Balaban J connectivity index is 1.46. The molecule has 3 aromatic rings. The lowest BCUT2D eigenvalue weighted by Crippen LogP contribution is -2.27. The number of nitrogens with zero attached hydrogens (tertiary/aromatic N) is 1. The highest BCUT2D eigenvalue weighted by Gasteiger charge is 2.09. The highest BCUT2D eigenvalue weighted by atomic mass is 32.2. The second-order valence-electron chi connectivity index (χ2n) is 6.38. The maximum Gasteiger partial charge on any atom is 0.226 e. The molecular weight excluding hydrogens is 404 g/mol. The van der Waals surface area contributed by atoms with E-state index in [0.29, 0.717) is 13.0 Å². The standard InChI is InChI=1S/C22H24N2O3S2/c1-26-19-10-17(11-20(13-19)27-2)14-28-22-24-18(15-29-22)12-21(25)23-9-8-16-6-4-3-5-7-16/h3-7,10-11,13,15H,8-9,12,14H2,1-2H3,(H,23,25). The van der Waals surface area contributed by atoms with E-state index < -0.39 is 0 Å². The van der Waals surface area contributed by atoms with Crippen molar-refractivity contribution in [1.29, 1.82) is 0 Å². The van der Waals surface area contributed by atoms with Gasteiger partial charge in [0.15, 0.2) is 0 Å². The van der Waals surface area contributed by atoms with Crippen molar-refractivity contribution in [3.8, 4) is 11.5 Å². The van der Waals surface area contributed by atoms with Gasteiger partial charge in [-0.1, -0.05) is 42.1 Å². The van der Waals surface area contributed by atoms with Gasteiger partial charge in [-0.2, -0.15) is 0 Å². The van der Waals surface area contributed by atoms with Gasteiger partial charge in [0.2, 0.25) is 5.91 Å².